The molecule has 0 spiro atoms. The molecular formula is C39H81IO3Si. The summed E-state index contributed by atoms with van der Waals surface area (Å²) in [5.74, 6) is 0. The van der Waals surface area contributed by atoms with Crippen LogP contribution in [-0.2, 0) is 13.3 Å². The van der Waals surface area contributed by atoms with Gasteiger partial charge < -0.3 is 13.3 Å². The van der Waals surface area contributed by atoms with Crippen LogP contribution >= 0.6 is 22.6 Å². The molecule has 44 heavy (non-hydrogen) atoms. The molecule has 0 N–H and O–H groups in total. The first-order chi connectivity index (χ1) is 21.7. The zero-order valence-electron chi connectivity index (χ0n) is 30.6. The fraction of sp³-hybridized carbons (Fsp3) is 1.00. The summed E-state index contributed by atoms with van der Waals surface area (Å²) in [6.07, 6.45) is 44.8. The van der Waals surface area contributed by atoms with Gasteiger partial charge in [0.25, 0.3) is 0 Å². The first kappa shape index (κ1) is 44.8. The molecule has 0 aliphatic rings. The molecule has 266 valence electrons. The largest absolute Gasteiger partial charge is 0.500 e. The second-order valence-electron chi connectivity index (χ2n) is 13.4. The summed E-state index contributed by atoms with van der Waals surface area (Å²) in [5, 5.41) is 0. The van der Waals surface area contributed by atoms with E-state index in [1.165, 1.54) is 203 Å². The van der Waals surface area contributed by atoms with Crippen LogP contribution in [0, 0.1) is 0 Å². The van der Waals surface area contributed by atoms with E-state index in [0.717, 1.165) is 6.04 Å². The van der Waals surface area contributed by atoms with Crippen molar-refractivity contribution in [3.05, 3.63) is 0 Å². The van der Waals surface area contributed by atoms with Crippen LogP contribution in [0.5, 0.6) is 0 Å². The first-order valence-corrected chi connectivity index (χ1v) is 23.7. The molecular weight excluding hydrogens is 671 g/mol. The van der Waals surface area contributed by atoms with Gasteiger partial charge in [0.15, 0.2) is 0 Å². The normalized spacial score (nSPS) is 12.0. The molecule has 5 heteroatoms. The summed E-state index contributed by atoms with van der Waals surface area (Å²) in [7, 11) is -2.42. The summed E-state index contributed by atoms with van der Waals surface area (Å²) in [6.45, 7) is 8.19. The van der Waals surface area contributed by atoms with Gasteiger partial charge in [-0.1, -0.05) is 209 Å². The van der Waals surface area contributed by atoms with Gasteiger partial charge in [0.1, 0.15) is 0 Å². The Hall–Kier alpha value is 0.827. The molecule has 3 nitrogen and oxygen atoms in total. The SMILES string of the molecule is CCO[Si](CCCCCCCCCCCCCCCCCCCCCCCCCCCCCCCCCI)(OCC)OCC. The molecule has 0 unspecified atom stereocenters. The van der Waals surface area contributed by atoms with E-state index in [0.29, 0.717) is 19.8 Å². The molecule has 0 aromatic carbocycles. The summed E-state index contributed by atoms with van der Waals surface area (Å²) >= 11 is 2.50. The van der Waals surface area contributed by atoms with E-state index in [2.05, 4.69) is 22.6 Å². The molecule has 0 saturated heterocycles. The highest BCUT2D eigenvalue weighted by Crippen LogP contribution is 2.21. The van der Waals surface area contributed by atoms with Crippen molar-refractivity contribution in [2.45, 2.75) is 226 Å². The van der Waals surface area contributed by atoms with Gasteiger partial charge in [0, 0.05) is 25.9 Å². The van der Waals surface area contributed by atoms with E-state index >= 15 is 0 Å². The Morgan fingerprint density at radius 3 is 0.659 bits per heavy atom. The summed E-state index contributed by atoms with van der Waals surface area (Å²) in [5.41, 5.74) is 0. The van der Waals surface area contributed by atoms with E-state index in [1.54, 1.807) is 0 Å². The Kier molecular flexibility index (Phi) is 39.0. The predicted molar refractivity (Wildman–Crippen MR) is 207 cm³/mol. The highest BCUT2D eigenvalue weighted by Gasteiger charge is 2.39. The van der Waals surface area contributed by atoms with E-state index in [9.17, 15) is 0 Å². The molecule has 0 saturated carbocycles. The Morgan fingerprint density at radius 1 is 0.295 bits per heavy atom. The molecule has 0 aliphatic heterocycles. The third-order valence-electron chi connectivity index (χ3n) is 9.21. The number of hydrogen-bond acceptors (Lipinski definition) is 3. The number of hydrogen-bond donors (Lipinski definition) is 0. The van der Waals surface area contributed by atoms with Crippen molar-refractivity contribution in [2.24, 2.45) is 0 Å². The van der Waals surface area contributed by atoms with E-state index in [-0.39, 0.29) is 0 Å². The number of halogens is 1. The fourth-order valence-electron chi connectivity index (χ4n) is 6.56. The molecule has 0 aromatic rings. The molecule has 0 radical (unpaired) electrons. The van der Waals surface area contributed by atoms with E-state index < -0.39 is 8.80 Å². The molecule has 0 rings (SSSR count). The van der Waals surface area contributed by atoms with Crippen molar-refractivity contribution in [1.29, 1.82) is 0 Å². The predicted octanol–water partition coefficient (Wildman–Crippen LogP) is 14.6. The monoisotopic (exact) mass is 752 g/mol. The van der Waals surface area contributed by atoms with Crippen LogP contribution in [0.2, 0.25) is 6.04 Å². The van der Waals surface area contributed by atoms with Gasteiger partial charge in [-0.15, -0.1) is 0 Å². The third-order valence-corrected chi connectivity index (χ3v) is 13.1. The van der Waals surface area contributed by atoms with Crippen LogP contribution in [-0.4, -0.2) is 33.1 Å². The smallest absolute Gasteiger partial charge is 0.374 e. The quantitative estimate of drug-likeness (QED) is 0.0271. The second-order valence-corrected chi connectivity index (χ2v) is 17.2. The number of alkyl halides is 1. The summed E-state index contributed by atoms with van der Waals surface area (Å²) in [6, 6.07) is 0.974. The average Bonchev–Trinajstić information content (AvgIpc) is 3.02. The minimum absolute atomic E-state index is 0.686. The first-order valence-electron chi connectivity index (χ1n) is 20.2. The minimum Gasteiger partial charge on any atom is -0.374 e. The van der Waals surface area contributed by atoms with Crippen molar-refractivity contribution in [2.75, 3.05) is 24.2 Å². The van der Waals surface area contributed by atoms with Crippen molar-refractivity contribution >= 4 is 31.4 Å². The molecule has 0 amide bonds. The van der Waals surface area contributed by atoms with Crippen molar-refractivity contribution in [3.63, 3.8) is 0 Å². The van der Waals surface area contributed by atoms with E-state index in [1.807, 2.05) is 20.8 Å². The Morgan fingerprint density at radius 2 is 0.477 bits per heavy atom. The highest BCUT2D eigenvalue weighted by molar-refractivity contribution is 14.1. The fourth-order valence-corrected chi connectivity index (χ4v) is 9.79. The molecule has 0 heterocycles. The van der Waals surface area contributed by atoms with Gasteiger partial charge in [-0.25, -0.2) is 0 Å². The van der Waals surface area contributed by atoms with Crippen LogP contribution < -0.4 is 0 Å². The van der Waals surface area contributed by atoms with Crippen LogP contribution in [0.3, 0.4) is 0 Å². The highest BCUT2D eigenvalue weighted by atomic mass is 127. The standard InChI is InChI=1S/C39H81IO3Si/c1-4-41-44(42-5-2,43-6-3)39-37-35-33-31-29-27-25-23-21-19-17-15-13-11-9-7-8-10-12-14-16-18-20-22-24-26-28-30-32-34-36-38-40/h4-39H2,1-3H3. The van der Waals surface area contributed by atoms with Gasteiger partial charge in [-0.2, -0.15) is 0 Å². The van der Waals surface area contributed by atoms with Crippen LogP contribution in [0.15, 0.2) is 0 Å². The van der Waals surface area contributed by atoms with Gasteiger partial charge in [-0.05, 0) is 38.0 Å². The lowest BCUT2D eigenvalue weighted by Crippen LogP contribution is -2.45. The van der Waals surface area contributed by atoms with Crippen LogP contribution in [0.1, 0.15) is 220 Å². The van der Waals surface area contributed by atoms with Gasteiger partial charge in [-0.3, -0.25) is 0 Å². The topological polar surface area (TPSA) is 27.7 Å². The third kappa shape index (κ3) is 32.8. The van der Waals surface area contributed by atoms with Crippen molar-refractivity contribution < 1.29 is 13.3 Å². The average molecular weight is 753 g/mol. The van der Waals surface area contributed by atoms with Crippen molar-refractivity contribution in [3.8, 4) is 0 Å². The molecule has 0 bridgehead atoms. The zero-order chi connectivity index (χ0) is 32.1. The van der Waals surface area contributed by atoms with Crippen molar-refractivity contribution in [1.82, 2.24) is 0 Å². The number of unbranched alkanes of at least 4 members (excludes halogenated alkanes) is 30. The maximum Gasteiger partial charge on any atom is 0.500 e. The lowest BCUT2D eigenvalue weighted by molar-refractivity contribution is 0.0706. The van der Waals surface area contributed by atoms with E-state index in [4.69, 9.17) is 13.3 Å². The van der Waals surface area contributed by atoms with Gasteiger partial charge >= 0.3 is 8.80 Å². The number of rotatable bonds is 39. The lowest BCUT2D eigenvalue weighted by Gasteiger charge is -2.28. The second kappa shape index (κ2) is 38.3. The Labute approximate surface area is 293 Å². The molecule has 0 atom stereocenters. The van der Waals surface area contributed by atoms with Gasteiger partial charge in [0.05, 0.1) is 0 Å². The summed E-state index contributed by atoms with van der Waals surface area (Å²) < 4.78 is 19.3. The Bertz CT molecular complexity index is 505. The summed E-state index contributed by atoms with van der Waals surface area (Å²) in [4.78, 5) is 0. The van der Waals surface area contributed by atoms with Gasteiger partial charge in [0.2, 0.25) is 0 Å². The zero-order valence-corrected chi connectivity index (χ0v) is 33.7. The molecule has 0 aliphatic carbocycles. The van der Waals surface area contributed by atoms with Crippen LogP contribution in [0.4, 0.5) is 0 Å². The Balaban J connectivity index is 3.23. The van der Waals surface area contributed by atoms with Crippen LogP contribution in [0.25, 0.3) is 0 Å². The molecule has 0 fully saturated rings. The lowest BCUT2D eigenvalue weighted by atomic mass is 10.0. The maximum atomic E-state index is 5.97. The maximum absolute atomic E-state index is 5.97. The minimum atomic E-state index is -2.42. The molecule has 0 aromatic heterocycles.